The first-order chi connectivity index (χ1) is 6.00. The largest absolute Gasteiger partial charge is 0.585 e. The highest BCUT2D eigenvalue weighted by Gasteiger charge is 2.43. The van der Waals surface area contributed by atoms with E-state index in [9.17, 15) is 8.78 Å². The molecule has 2 nitrogen and oxygen atoms in total. The molecule has 0 aromatic heterocycles. The maximum absolute atomic E-state index is 12.6. The van der Waals surface area contributed by atoms with E-state index in [2.05, 4.69) is 9.47 Å². The van der Waals surface area contributed by atoms with Crippen LogP contribution >= 0.6 is 0 Å². The van der Waals surface area contributed by atoms with Gasteiger partial charge in [-0.15, -0.1) is 8.78 Å². The first-order valence-electron chi connectivity index (χ1n) is 4.12. The van der Waals surface area contributed by atoms with E-state index in [-0.39, 0.29) is 11.5 Å². The van der Waals surface area contributed by atoms with Crippen LogP contribution in [0.4, 0.5) is 8.78 Å². The molecule has 0 amide bonds. The molecule has 1 rings (SSSR count). The molecule has 0 aliphatic carbocycles. The van der Waals surface area contributed by atoms with Crippen LogP contribution in [0.3, 0.4) is 0 Å². The van der Waals surface area contributed by atoms with Gasteiger partial charge in [-0.25, -0.2) is 0 Å². The van der Waals surface area contributed by atoms with Gasteiger partial charge in [-0.3, -0.25) is 0 Å². The summed E-state index contributed by atoms with van der Waals surface area (Å²) in [5.74, 6) is 0.301. The number of allylic oxidation sites excluding steroid dienone is 3. The SMILES string of the molecule is C/C=C(/CC)C1=C(C)OC(F)(F)O1. The highest BCUT2D eigenvalue weighted by Crippen LogP contribution is 2.37. The van der Waals surface area contributed by atoms with Crippen molar-refractivity contribution in [2.24, 2.45) is 0 Å². The van der Waals surface area contributed by atoms with Crippen molar-refractivity contribution in [1.82, 2.24) is 0 Å². The Morgan fingerprint density at radius 3 is 2.38 bits per heavy atom. The fourth-order valence-electron chi connectivity index (χ4n) is 1.22. The van der Waals surface area contributed by atoms with Crippen molar-refractivity contribution < 1.29 is 18.3 Å². The van der Waals surface area contributed by atoms with Crippen LogP contribution in [0.15, 0.2) is 23.2 Å². The van der Waals surface area contributed by atoms with Crippen LogP contribution in [0.25, 0.3) is 0 Å². The summed E-state index contributed by atoms with van der Waals surface area (Å²) >= 11 is 0. The van der Waals surface area contributed by atoms with Crippen molar-refractivity contribution in [3.8, 4) is 0 Å². The van der Waals surface area contributed by atoms with Crippen molar-refractivity contribution in [1.29, 1.82) is 0 Å². The zero-order valence-electron chi connectivity index (χ0n) is 7.86. The third kappa shape index (κ3) is 1.99. The second kappa shape index (κ2) is 3.36. The summed E-state index contributed by atoms with van der Waals surface area (Å²) < 4.78 is 33.7. The Morgan fingerprint density at radius 2 is 2.08 bits per heavy atom. The molecular weight excluding hydrogens is 178 g/mol. The molecule has 4 heteroatoms. The molecule has 0 aromatic carbocycles. The van der Waals surface area contributed by atoms with E-state index in [0.717, 1.165) is 5.57 Å². The average Bonchev–Trinajstić information content (AvgIpc) is 2.28. The number of alkyl halides is 2. The summed E-state index contributed by atoms with van der Waals surface area (Å²) in [4.78, 5) is 0. The number of halogens is 2. The molecular formula is C9H12F2O2. The van der Waals surface area contributed by atoms with Gasteiger partial charge in [0.1, 0.15) is 5.76 Å². The molecule has 0 saturated heterocycles. The zero-order chi connectivity index (χ0) is 10.1. The van der Waals surface area contributed by atoms with E-state index in [1.165, 1.54) is 6.92 Å². The van der Waals surface area contributed by atoms with Crippen LogP contribution in [0.2, 0.25) is 0 Å². The van der Waals surface area contributed by atoms with E-state index in [1.807, 2.05) is 6.92 Å². The highest BCUT2D eigenvalue weighted by atomic mass is 19.3. The van der Waals surface area contributed by atoms with Crippen molar-refractivity contribution >= 4 is 0 Å². The molecule has 1 heterocycles. The smallest absolute Gasteiger partial charge is 0.400 e. The van der Waals surface area contributed by atoms with Gasteiger partial charge < -0.3 is 9.47 Å². The Balaban J connectivity index is 2.88. The van der Waals surface area contributed by atoms with E-state index in [4.69, 9.17) is 0 Å². The van der Waals surface area contributed by atoms with Crippen molar-refractivity contribution in [3.05, 3.63) is 23.2 Å². The van der Waals surface area contributed by atoms with Gasteiger partial charge in [-0.1, -0.05) is 13.0 Å². The second-order valence-corrected chi connectivity index (χ2v) is 2.72. The van der Waals surface area contributed by atoms with Crippen LogP contribution in [0, 0.1) is 0 Å². The molecule has 74 valence electrons. The molecule has 0 bridgehead atoms. The first kappa shape index (κ1) is 10.0. The molecule has 0 radical (unpaired) electrons. The standard InChI is InChI=1S/C9H12F2O2/c1-4-7(5-2)8-6(3)12-9(10,11)13-8/h4H,5H2,1-3H3/b7-4-. The van der Waals surface area contributed by atoms with Crippen LogP contribution in [-0.4, -0.2) is 6.29 Å². The third-order valence-corrected chi connectivity index (χ3v) is 1.83. The van der Waals surface area contributed by atoms with Crippen LogP contribution in [0.1, 0.15) is 27.2 Å². The van der Waals surface area contributed by atoms with Crippen molar-refractivity contribution in [3.63, 3.8) is 0 Å². The maximum Gasteiger partial charge on any atom is 0.585 e. The molecule has 0 N–H and O–H groups in total. The van der Waals surface area contributed by atoms with Gasteiger partial charge in [0.05, 0.1) is 0 Å². The normalized spacial score (nSPS) is 21.5. The Hall–Kier alpha value is -1.06. The number of hydrogen-bond acceptors (Lipinski definition) is 2. The zero-order valence-corrected chi connectivity index (χ0v) is 7.86. The fourth-order valence-corrected chi connectivity index (χ4v) is 1.22. The maximum atomic E-state index is 12.6. The fraction of sp³-hybridized carbons (Fsp3) is 0.556. The van der Waals surface area contributed by atoms with Gasteiger partial charge in [0, 0.05) is 0 Å². The number of ether oxygens (including phenoxy) is 2. The van der Waals surface area contributed by atoms with Gasteiger partial charge in [0.25, 0.3) is 0 Å². The quantitative estimate of drug-likeness (QED) is 0.665. The van der Waals surface area contributed by atoms with Gasteiger partial charge in [-0.2, -0.15) is 0 Å². The molecule has 0 saturated carbocycles. The predicted molar refractivity (Wildman–Crippen MR) is 43.9 cm³/mol. The highest BCUT2D eigenvalue weighted by molar-refractivity contribution is 5.28. The molecule has 0 atom stereocenters. The summed E-state index contributed by atoms with van der Waals surface area (Å²) in [5, 5.41) is 0. The molecule has 0 aromatic rings. The van der Waals surface area contributed by atoms with Crippen LogP contribution < -0.4 is 0 Å². The first-order valence-corrected chi connectivity index (χ1v) is 4.12. The average molecular weight is 190 g/mol. The van der Waals surface area contributed by atoms with E-state index in [1.54, 1.807) is 13.0 Å². The lowest BCUT2D eigenvalue weighted by Crippen LogP contribution is -2.16. The monoisotopic (exact) mass is 190 g/mol. The lowest BCUT2D eigenvalue weighted by Gasteiger charge is -2.08. The topological polar surface area (TPSA) is 18.5 Å². The molecule has 13 heavy (non-hydrogen) atoms. The van der Waals surface area contributed by atoms with Crippen molar-refractivity contribution in [2.75, 3.05) is 0 Å². The Labute approximate surface area is 75.8 Å². The summed E-state index contributed by atoms with van der Waals surface area (Å²) in [7, 11) is 0. The van der Waals surface area contributed by atoms with Crippen molar-refractivity contribution in [2.45, 2.75) is 33.5 Å². The van der Waals surface area contributed by atoms with Gasteiger partial charge >= 0.3 is 6.29 Å². The molecule has 0 unspecified atom stereocenters. The van der Waals surface area contributed by atoms with Gasteiger partial charge in [0.2, 0.25) is 0 Å². The molecule has 0 fully saturated rings. The van der Waals surface area contributed by atoms with Gasteiger partial charge in [0.15, 0.2) is 5.76 Å². The van der Waals surface area contributed by atoms with E-state index in [0.29, 0.717) is 6.42 Å². The minimum absolute atomic E-state index is 0.139. The minimum Gasteiger partial charge on any atom is -0.400 e. The predicted octanol–water partition coefficient (Wildman–Crippen LogP) is 3.17. The number of rotatable bonds is 2. The lowest BCUT2D eigenvalue weighted by atomic mass is 10.1. The summed E-state index contributed by atoms with van der Waals surface area (Å²) in [6, 6.07) is 0. The lowest BCUT2D eigenvalue weighted by molar-refractivity contribution is -0.336. The number of hydrogen-bond donors (Lipinski definition) is 0. The molecule has 1 aliphatic rings. The summed E-state index contributed by atoms with van der Waals surface area (Å²) in [6.45, 7) is 5.11. The Morgan fingerprint density at radius 1 is 1.46 bits per heavy atom. The third-order valence-electron chi connectivity index (χ3n) is 1.83. The van der Waals surface area contributed by atoms with E-state index >= 15 is 0 Å². The van der Waals surface area contributed by atoms with Crippen LogP contribution in [-0.2, 0) is 9.47 Å². The molecule has 0 spiro atoms. The summed E-state index contributed by atoms with van der Waals surface area (Å²) in [5.41, 5.74) is 0.731. The Bertz CT molecular complexity index is 267. The van der Waals surface area contributed by atoms with Crippen LogP contribution in [0.5, 0.6) is 0 Å². The second-order valence-electron chi connectivity index (χ2n) is 2.72. The molecule has 1 aliphatic heterocycles. The summed E-state index contributed by atoms with van der Waals surface area (Å²) in [6.07, 6.45) is -1.12. The van der Waals surface area contributed by atoms with Gasteiger partial charge in [-0.05, 0) is 25.8 Å². The van der Waals surface area contributed by atoms with E-state index < -0.39 is 6.29 Å². The minimum atomic E-state index is -3.50. The Kier molecular flexibility index (Phi) is 2.59.